The van der Waals surface area contributed by atoms with E-state index in [9.17, 15) is 0 Å². The highest BCUT2D eigenvalue weighted by molar-refractivity contribution is 4.80. The monoisotopic (exact) mass is 154 g/mol. The van der Waals surface area contributed by atoms with Crippen molar-refractivity contribution in [1.29, 1.82) is 0 Å². The van der Waals surface area contributed by atoms with Crippen LogP contribution in [0.25, 0.3) is 0 Å². The third-order valence-electron chi connectivity index (χ3n) is 1.70. The van der Waals surface area contributed by atoms with Gasteiger partial charge in [-0.15, -0.1) is 0 Å². The van der Waals surface area contributed by atoms with E-state index in [2.05, 4.69) is 39.8 Å². The molecule has 0 aromatic carbocycles. The van der Waals surface area contributed by atoms with Gasteiger partial charge in [0.15, 0.2) is 0 Å². The smallest absolute Gasteiger partial charge is 0.0351 e. The molecule has 0 spiro atoms. The van der Waals surface area contributed by atoms with Crippen LogP contribution in [0.1, 0.15) is 53.4 Å². The minimum Gasteiger partial charge on any atom is -0.0888 e. The van der Waals surface area contributed by atoms with Gasteiger partial charge >= 0.3 is 0 Å². The van der Waals surface area contributed by atoms with Crippen LogP contribution in [-0.2, 0) is 0 Å². The molecule has 0 saturated heterocycles. The first-order valence-corrected chi connectivity index (χ1v) is 4.71. The van der Waals surface area contributed by atoms with Gasteiger partial charge in [-0.3, -0.25) is 0 Å². The molecule has 0 aliphatic rings. The fraction of sp³-hybridized carbons (Fsp3) is 0.818. The fourth-order valence-corrected chi connectivity index (χ4v) is 1.03. The first-order valence-electron chi connectivity index (χ1n) is 4.71. The summed E-state index contributed by atoms with van der Waals surface area (Å²) >= 11 is 0. The number of hydrogen-bond donors (Lipinski definition) is 0. The van der Waals surface area contributed by atoms with Crippen molar-refractivity contribution in [2.45, 2.75) is 53.4 Å². The van der Waals surface area contributed by atoms with E-state index in [0.717, 1.165) is 0 Å². The van der Waals surface area contributed by atoms with E-state index >= 15 is 0 Å². The zero-order chi connectivity index (χ0) is 8.74. The number of rotatable bonds is 4. The Kier molecular flexibility index (Phi) is 5.27. The number of hydrogen-bond acceptors (Lipinski definition) is 0. The van der Waals surface area contributed by atoms with Crippen LogP contribution >= 0.6 is 0 Å². The first kappa shape index (κ1) is 10.7. The highest BCUT2D eigenvalue weighted by Crippen LogP contribution is 2.21. The van der Waals surface area contributed by atoms with Crippen molar-refractivity contribution in [2.75, 3.05) is 0 Å². The summed E-state index contributed by atoms with van der Waals surface area (Å²) in [7, 11) is 0. The molecule has 0 nitrogen and oxygen atoms in total. The van der Waals surface area contributed by atoms with E-state index in [-0.39, 0.29) is 0 Å². The van der Waals surface area contributed by atoms with Crippen LogP contribution < -0.4 is 0 Å². The molecule has 0 N–H and O–H groups in total. The van der Waals surface area contributed by atoms with Crippen molar-refractivity contribution < 1.29 is 0 Å². The summed E-state index contributed by atoms with van der Waals surface area (Å²) in [6, 6.07) is 0. The zero-order valence-corrected chi connectivity index (χ0v) is 8.48. The normalized spacial score (nSPS) is 12.7. The molecule has 0 aromatic heterocycles. The summed E-state index contributed by atoms with van der Waals surface area (Å²) in [6.45, 7) is 9.09. The van der Waals surface area contributed by atoms with Gasteiger partial charge in [-0.1, -0.05) is 39.8 Å². The van der Waals surface area contributed by atoms with Crippen molar-refractivity contribution in [3.63, 3.8) is 0 Å². The molecule has 0 radical (unpaired) electrons. The highest BCUT2D eigenvalue weighted by atomic mass is 14.1. The maximum Gasteiger partial charge on any atom is -0.0351 e. The van der Waals surface area contributed by atoms with Gasteiger partial charge in [0, 0.05) is 0 Å². The SMILES string of the molecule is CC/C=C\CCCC(C)(C)C. The van der Waals surface area contributed by atoms with Gasteiger partial charge in [-0.25, -0.2) is 0 Å². The Bertz CT molecular complexity index is 104. The topological polar surface area (TPSA) is 0 Å². The molecular formula is C11H22. The summed E-state index contributed by atoms with van der Waals surface area (Å²) in [5.74, 6) is 0. The summed E-state index contributed by atoms with van der Waals surface area (Å²) < 4.78 is 0. The predicted octanol–water partition coefficient (Wildman–Crippen LogP) is 4.17. The molecule has 0 heteroatoms. The lowest BCUT2D eigenvalue weighted by atomic mass is 9.90. The minimum atomic E-state index is 0.514. The van der Waals surface area contributed by atoms with E-state index in [1.807, 2.05) is 0 Å². The Hall–Kier alpha value is -0.260. The summed E-state index contributed by atoms with van der Waals surface area (Å²) in [4.78, 5) is 0. The van der Waals surface area contributed by atoms with Gasteiger partial charge in [0.2, 0.25) is 0 Å². The van der Waals surface area contributed by atoms with Gasteiger partial charge in [0.25, 0.3) is 0 Å². The van der Waals surface area contributed by atoms with E-state index in [0.29, 0.717) is 5.41 Å². The number of allylic oxidation sites excluding steroid dienone is 2. The Morgan fingerprint density at radius 1 is 1.09 bits per heavy atom. The molecule has 0 amide bonds. The van der Waals surface area contributed by atoms with Gasteiger partial charge in [-0.2, -0.15) is 0 Å². The lowest BCUT2D eigenvalue weighted by Gasteiger charge is -2.16. The Morgan fingerprint density at radius 2 is 1.73 bits per heavy atom. The second-order valence-corrected chi connectivity index (χ2v) is 4.33. The van der Waals surface area contributed by atoms with Crippen molar-refractivity contribution >= 4 is 0 Å². The molecule has 0 heterocycles. The van der Waals surface area contributed by atoms with Gasteiger partial charge < -0.3 is 0 Å². The van der Waals surface area contributed by atoms with Crippen molar-refractivity contribution in [3.05, 3.63) is 12.2 Å². The lowest BCUT2D eigenvalue weighted by molar-refractivity contribution is 0.367. The van der Waals surface area contributed by atoms with Crippen LogP contribution in [0.5, 0.6) is 0 Å². The molecule has 0 rings (SSSR count). The molecule has 11 heavy (non-hydrogen) atoms. The second-order valence-electron chi connectivity index (χ2n) is 4.33. The summed E-state index contributed by atoms with van der Waals surface area (Å²) in [5, 5.41) is 0. The molecule has 0 fully saturated rings. The average Bonchev–Trinajstić information content (AvgIpc) is 1.85. The quantitative estimate of drug-likeness (QED) is 0.421. The van der Waals surface area contributed by atoms with Crippen LogP contribution in [0.15, 0.2) is 12.2 Å². The lowest BCUT2D eigenvalue weighted by Crippen LogP contribution is -2.03. The number of unbranched alkanes of at least 4 members (excludes halogenated alkanes) is 1. The van der Waals surface area contributed by atoms with E-state index in [4.69, 9.17) is 0 Å². The Balaban J connectivity index is 3.21. The van der Waals surface area contributed by atoms with Gasteiger partial charge in [0.05, 0.1) is 0 Å². The van der Waals surface area contributed by atoms with E-state index in [1.165, 1.54) is 25.7 Å². The van der Waals surface area contributed by atoms with Crippen molar-refractivity contribution in [3.8, 4) is 0 Å². The molecule has 0 aliphatic carbocycles. The predicted molar refractivity (Wildman–Crippen MR) is 52.7 cm³/mol. The Labute approximate surface area is 71.7 Å². The molecular weight excluding hydrogens is 132 g/mol. The van der Waals surface area contributed by atoms with Crippen LogP contribution in [0, 0.1) is 5.41 Å². The first-order chi connectivity index (χ1) is 5.06. The third-order valence-corrected chi connectivity index (χ3v) is 1.70. The highest BCUT2D eigenvalue weighted by Gasteiger charge is 2.07. The third kappa shape index (κ3) is 9.74. The fourth-order valence-electron chi connectivity index (χ4n) is 1.03. The Morgan fingerprint density at radius 3 is 2.18 bits per heavy atom. The van der Waals surface area contributed by atoms with E-state index in [1.54, 1.807) is 0 Å². The van der Waals surface area contributed by atoms with Crippen LogP contribution in [0.3, 0.4) is 0 Å². The molecule has 0 saturated carbocycles. The van der Waals surface area contributed by atoms with E-state index < -0.39 is 0 Å². The summed E-state index contributed by atoms with van der Waals surface area (Å²) in [5.41, 5.74) is 0.514. The minimum absolute atomic E-state index is 0.514. The molecule has 0 aliphatic heterocycles. The maximum atomic E-state index is 2.30. The molecule has 0 unspecified atom stereocenters. The standard InChI is InChI=1S/C11H22/c1-5-6-7-8-9-10-11(2,3)4/h6-7H,5,8-10H2,1-4H3/b7-6-. The molecule has 66 valence electrons. The zero-order valence-electron chi connectivity index (χ0n) is 8.48. The summed E-state index contributed by atoms with van der Waals surface area (Å²) in [6.07, 6.45) is 9.65. The average molecular weight is 154 g/mol. The van der Waals surface area contributed by atoms with Crippen molar-refractivity contribution in [2.24, 2.45) is 5.41 Å². The van der Waals surface area contributed by atoms with Crippen LogP contribution in [0.2, 0.25) is 0 Å². The molecule has 0 aromatic rings. The second kappa shape index (κ2) is 5.40. The van der Waals surface area contributed by atoms with Crippen molar-refractivity contribution in [1.82, 2.24) is 0 Å². The van der Waals surface area contributed by atoms with Gasteiger partial charge in [0.1, 0.15) is 0 Å². The largest absolute Gasteiger partial charge is 0.0888 e. The maximum absolute atomic E-state index is 2.30. The van der Waals surface area contributed by atoms with Crippen LogP contribution in [-0.4, -0.2) is 0 Å². The molecule has 0 atom stereocenters. The molecule has 0 bridgehead atoms. The van der Waals surface area contributed by atoms with Crippen LogP contribution in [0.4, 0.5) is 0 Å². The van der Waals surface area contributed by atoms with Gasteiger partial charge in [-0.05, 0) is 31.1 Å².